The van der Waals surface area contributed by atoms with E-state index in [4.69, 9.17) is 15.7 Å². The van der Waals surface area contributed by atoms with E-state index in [9.17, 15) is 0 Å². The number of hydrogen-bond donors (Lipinski definition) is 1. The second-order valence-electron chi connectivity index (χ2n) is 6.73. The quantitative estimate of drug-likeness (QED) is 0.833. The third-order valence-corrected chi connectivity index (χ3v) is 3.30. The lowest BCUT2D eigenvalue weighted by molar-refractivity contribution is 0.289. The van der Waals surface area contributed by atoms with E-state index in [0.717, 1.165) is 12.2 Å². The topological polar surface area (TPSA) is 59.0 Å². The standard InChI is InChI=1S/C17H26N2O/c1-13-7-8-14(16(2,3)4)15(11-13)20-10-6-9-17(5,19)12-18/h7-8,11H,6,9-10,19H2,1-5H3. The molecule has 0 heterocycles. The second kappa shape index (κ2) is 6.28. The van der Waals surface area contributed by atoms with Gasteiger partial charge in [0.1, 0.15) is 11.3 Å². The number of ether oxygens (including phenoxy) is 1. The van der Waals surface area contributed by atoms with Crippen LogP contribution in [0.2, 0.25) is 0 Å². The van der Waals surface area contributed by atoms with Crippen molar-refractivity contribution < 1.29 is 4.74 Å². The van der Waals surface area contributed by atoms with Gasteiger partial charge in [0.05, 0.1) is 12.7 Å². The molecule has 0 bridgehead atoms. The molecule has 0 amide bonds. The van der Waals surface area contributed by atoms with Gasteiger partial charge < -0.3 is 10.5 Å². The minimum atomic E-state index is -0.761. The normalized spacial score (nSPS) is 14.4. The molecule has 0 aliphatic heterocycles. The monoisotopic (exact) mass is 274 g/mol. The summed E-state index contributed by atoms with van der Waals surface area (Å²) in [5.41, 5.74) is 7.49. The lowest BCUT2D eigenvalue weighted by Crippen LogP contribution is -2.34. The molecule has 110 valence electrons. The summed E-state index contributed by atoms with van der Waals surface area (Å²) in [4.78, 5) is 0. The Hall–Kier alpha value is -1.53. The van der Waals surface area contributed by atoms with Crippen molar-refractivity contribution in [1.82, 2.24) is 0 Å². The van der Waals surface area contributed by atoms with Gasteiger partial charge in [-0.3, -0.25) is 0 Å². The van der Waals surface area contributed by atoms with Crippen molar-refractivity contribution >= 4 is 0 Å². The van der Waals surface area contributed by atoms with E-state index in [1.54, 1.807) is 6.92 Å². The second-order valence-corrected chi connectivity index (χ2v) is 6.73. The zero-order chi connectivity index (χ0) is 15.4. The van der Waals surface area contributed by atoms with Crippen molar-refractivity contribution in [3.05, 3.63) is 29.3 Å². The molecule has 0 radical (unpaired) electrons. The molecule has 2 N–H and O–H groups in total. The molecule has 0 aliphatic rings. The highest BCUT2D eigenvalue weighted by Gasteiger charge is 2.20. The van der Waals surface area contributed by atoms with Crippen LogP contribution in [0.15, 0.2) is 18.2 Å². The fraction of sp³-hybridized carbons (Fsp3) is 0.588. The molecular formula is C17H26N2O. The largest absolute Gasteiger partial charge is 0.493 e. The molecule has 0 fully saturated rings. The maximum Gasteiger partial charge on any atom is 0.123 e. The molecule has 20 heavy (non-hydrogen) atoms. The Bertz CT molecular complexity index is 493. The van der Waals surface area contributed by atoms with Crippen molar-refractivity contribution in [2.45, 2.75) is 58.4 Å². The van der Waals surface area contributed by atoms with Crippen LogP contribution in [0.1, 0.15) is 51.7 Å². The van der Waals surface area contributed by atoms with Gasteiger partial charge in [-0.1, -0.05) is 32.9 Å². The Kier molecular flexibility index (Phi) is 5.19. The number of benzene rings is 1. The van der Waals surface area contributed by atoms with Crippen LogP contribution in [0.25, 0.3) is 0 Å². The molecule has 0 spiro atoms. The Morgan fingerprint density at radius 3 is 2.45 bits per heavy atom. The van der Waals surface area contributed by atoms with Gasteiger partial charge in [-0.15, -0.1) is 0 Å². The first-order valence-electron chi connectivity index (χ1n) is 7.10. The number of hydrogen-bond acceptors (Lipinski definition) is 3. The zero-order valence-corrected chi connectivity index (χ0v) is 13.3. The molecule has 1 atom stereocenters. The fourth-order valence-corrected chi connectivity index (χ4v) is 2.05. The maximum absolute atomic E-state index is 8.88. The van der Waals surface area contributed by atoms with Crippen LogP contribution >= 0.6 is 0 Å². The Balaban J connectivity index is 2.69. The molecule has 1 rings (SSSR count). The van der Waals surface area contributed by atoms with Crippen molar-refractivity contribution in [2.75, 3.05) is 6.61 Å². The Morgan fingerprint density at radius 2 is 1.90 bits per heavy atom. The number of nitrogens with zero attached hydrogens (tertiary/aromatic N) is 1. The third-order valence-electron chi connectivity index (χ3n) is 3.30. The molecule has 3 nitrogen and oxygen atoms in total. The molecule has 1 aromatic carbocycles. The van der Waals surface area contributed by atoms with E-state index >= 15 is 0 Å². The van der Waals surface area contributed by atoms with E-state index in [0.29, 0.717) is 13.0 Å². The summed E-state index contributed by atoms with van der Waals surface area (Å²) in [6.07, 6.45) is 1.41. The molecule has 0 saturated carbocycles. The van der Waals surface area contributed by atoms with Gasteiger partial charge in [0, 0.05) is 0 Å². The first-order valence-corrected chi connectivity index (χ1v) is 7.10. The number of nitrogens with two attached hydrogens (primary N) is 1. The Morgan fingerprint density at radius 1 is 1.25 bits per heavy atom. The predicted octanol–water partition coefficient (Wildman–Crippen LogP) is 3.69. The number of rotatable bonds is 5. The van der Waals surface area contributed by atoms with Gasteiger partial charge in [-0.05, 0) is 49.3 Å². The van der Waals surface area contributed by atoms with Crippen LogP contribution in [0, 0.1) is 18.3 Å². The summed E-state index contributed by atoms with van der Waals surface area (Å²) in [7, 11) is 0. The van der Waals surface area contributed by atoms with Crippen LogP contribution in [0.5, 0.6) is 5.75 Å². The molecular weight excluding hydrogens is 248 g/mol. The van der Waals surface area contributed by atoms with Crippen LogP contribution in [-0.4, -0.2) is 12.1 Å². The highest BCUT2D eigenvalue weighted by atomic mass is 16.5. The smallest absolute Gasteiger partial charge is 0.123 e. The highest BCUT2D eigenvalue weighted by molar-refractivity contribution is 5.41. The summed E-state index contributed by atoms with van der Waals surface area (Å²) in [5, 5.41) is 8.88. The minimum absolute atomic E-state index is 0.0536. The summed E-state index contributed by atoms with van der Waals surface area (Å²) >= 11 is 0. The molecule has 1 aromatic rings. The van der Waals surface area contributed by atoms with Crippen LogP contribution in [0.4, 0.5) is 0 Å². The number of aryl methyl sites for hydroxylation is 1. The van der Waals surface area contributed by atoms with E-state index in [1.165, 1.54) is 11.1 Å². The Labute approximate surface area is 122 Å². The summed E-state index contributed by atoms with van der Waals surface area (Å²) in [5.74, 6) is 0.938. The van der Waals surface area contributed by atoms with E-state index in [1.807, 2.05) is 0 Å². The van der Waals surface area contributed by atoms with Gasteiger partial charge >= 0.3 is 0 Å². The van der Waals surface area contributed by atoms with Crippen molar-refractivity contribution in [2.24, 2.45) is 5.73 Å². The summed E-state index contributed by atoms with van der Waals surface area (Å²) in [6, 6.07) is 8.43. The predicted molar refractivity (Wildman–Crippen MR) is 82.8 cm³/mol. The van der Waals surface area contributed by atoms with Gasteiger partial charge in [0.25, 0.3) is 0 Å². The summed E-state index contributed by atoms with van der Waals surface area (Å²) < 4.78 is 5.92. The van der Waals surface area contributed by atoms with Crippen LogP contribution < -0.4 is 10.5 Å². The van der Waals surface area contributed by atoms with Gasteiger partial charge in [0.15, 0.2) is 0 Å². The minimum Gasteiger partial charge on any atom is -0.493 e. The van der Waals surface area contributed by atoms with E-state index in [-0.39, 0.29) is 5.41 Å². The average Bonchev–Trinajstić information content (AvgIpc) is 2.33. The van der Waals surface area contributed by atoms with Crippen molar-refractivity contribution in [3.63, 3.8) is 0 Å². The molecule has 3 heteroatoms. The molecule has 1 unspecified atom stereocenters. The molecule has 0 aliphatic carbocycles. The first kappa shape index (κ1) is 16.5. The lowest BCUT2D eigenvalue weighted by Gasteiger charge is -2.23. The van der Waals surface area contributed by atoms with E-state index < -0.39 is 5.54 Å². The van der Waals surface area contributed by atoms with Crippen molar-refractivity contribution in [3.8, 4) is 11.8 Å². The van der Waals surface area contributed by atoms with Gasteiger partial charge in [0.2, 0.25) is 0 Å². The molecule has 0 aromatic heterocycles. The highest BCUT2D eigenvalue weighted by Crippen LogP contribution is 2.32. The maximum atomic E-state index is 8.88. The SMILES string of the molecule is Cc1ccc(C(C)(C)C)c(OCCCC(C)(N)C#N)c1. The first-order chi connectivity index (χ1) is 9.15. The third kappa shape index (κ3) is 4.86. The zero-order valence-electron chi connectivity index (χ0n) is 13.3. The van der Waals surface area contributed by atoms with E-state index in [2.05, 4.69) is 52.0 Å². The van der Waals surface area contributed by atoms with Crippen LogP contribution in [-0.2, 0) is 5.41 Å². The average molecular weight is 274 g/mol. The molecule has 0 saturated heterocycles. The van der Waals surface area contributed by atoms with Gasteiger partial charge in [-0.25, -0.2) is 0 Å². The number of nitriles is 1. The van der Waals surface area contributed by atoms with Gasteiger partial charge in [-0.2, -0.15) is 5.26 Å². The van der Waals surface area contributed by atoms with Crippen LogP contribution in [0.3, 0.4) is 0 Å². The fourth-order valence-electron chi connectivity index (χ4n) is 2.05. The van der Waals surface area contributed by atoms with Crippen molar-refractivity contribution in [1.29, 1.82) is 5.26 Å². The summed E-state index contributed by atoms with van der Waals surface area (Å²) in [6.45, 7) is 10.9. The lowest BCUT2D eigenvalue weighted by atomic mass is 9.86.